The number of aliphatic hydroxyl groups is 1. The predicted octanol–water partition coefficient (Wildman–Crippen LogP) is 6.41. The molecular weight excluding hydrogens is 416 g/mol. The summed E-state index contributed by atoms with van der Waals surface area (Å²) in [7, 11) is -3.04. The van der Waals surface area contributed by atoms with E-state index in [9.17, 15) is 9.32 Å². The minimum atomic E-state index is -1.66. The van der Waals surface area contributed by atoms with Crippen LogP contribution in [0.4, 0.5) is 0 Å². The highest BCUT2D eigenvalue weighted by atomic mass is 32.2. The molecule has 3 aromatic carbocycles. The Morgan fingerprint density at radius 2 is 1.45 bits per heavy atom. The van der Waals surface area contributed by atoms with Crippen LogP contribution in [0.3, 0.4) is 0 Å². The van der Waals surface area contributed by atoms with Gasteiger partial charge in [-0.25, -0.2) is 0 Å². The van der Waals surface area contributed by atoms with Gasteiger partial charge in [-0.1, -0.05) is 104 Å². The summed E-state index contributed by atoms with van der Waals surface area (Å²) < 4.78 is 13.9. The molecule has 0 bridgehead atoms. The molecule has 0 heterocycles. The molecule has 0 fully saturated rings. The summed E-state index contributed by atoms with van der Waals surface area (Å²) in [6.45, 7) is 8.81. The van der Waals surface area contributed by atoms with Gasteiger partial charge in [0.1, 0.15) is 5.60 Å². The number of rotatable bonds is 8. The predicted molar refractivity (Wildman–Crippen MR) is 135 cm³/mol. The van der Waals surface area contributed by atoms with Crippen molar-refractivity contribution < 1.29 is 9.32 Å². The molecule has 0 aromatic heterocycles. The van der Waals surface area contributed by atoms with Gasteiger partial charge in [0.15, 0.2) is 0 Å². The van der Waals surface area contributed by atoms with Crippen LogP contribution in [-0.4, -0.2) is 22.6 Å². The first-order valence-corrected chi connectivity index (χ1v) is 15.6. The molecule has 0 aliphatic carbocycles. The third-order valence-electron chi connectivity index (χ3n) is 5.37. The van der Waals surface area contributed by atoms with E-state index in [1.165, 1.54) is 0 Å². The summed E-state index contributed by atoms with van der Waals surface area (Å²) in [4.78, 5) is 0.760. The number of hydrogen-bond donors (Lipinski definition) is 1. The van der Waals surface area contributed by atoms with Gasteiger partial charge in [-0.2, -0.15) is 0 Å². The molecule has 2 nitrogen and oxygen atoms in total. The van der Waals surface area contributed by atoms with Crippen molar-refractivity contribution in [2.45, 2.75) is 48.4 Å². The summed E-state index contributed by atoms with van der Waals surface area (Å²) in [5.74, 6) is 0. The summed E-state index contributed by atoms with van der Waals surface area (Å²) in [6, 6.07) is 28.2. The second-order valence-electron chi connectivity index (χ2n) is 9.30. The van der Waals surface area contributed by atoms with Crippen molar-refractivity contribution in [1.29, 1.82) is 0 Å². The number of aryl methyl sites for hydroxylation is 1. The first-order valence-electron chi connectivity index (χ1n) is 10.7. The smallest absolute Gasteiger partial charge is 0.122 e. The van der Waals surface area contributed by atoms with Crippen LogP contribution in [0, 0.1) is 6.92 Å². The normalized spacial score (nSPS) is 16.0. The van der Waals surface area contributed by atoms with Crippen LogP contribution in [0.5, 0.6) is 0 Å². The third-order valence-corrected chi connectivity index (χ3v) is 9.07. The summed E-state index contributed by atoms with van der Waals surface area (Å²) in [6.07, 6.45) is 3.78. The maximum Gasteiger partial charge on any atom is 0.122 e. The van der Waals surface area contributed by atoms with E-state index in [4.69, 9.17) is 0 Å². The first-order chi connectivity index (χ1) is 14.7. The van der Waals surface area contributed by atoms with E-state index < -0.39 is 29.7 Å². The zero-order valence-electron chi connectivity index (χ0n) is 18.8. The summed E-state index contributed by atoms with van der Waals surface area (Å²) in [5.41, 5.74) is 1.55. The standard InChI is InChI=1S/C27H32O2SSi/c1-22-15-17-25(18-16-22)30(29)26(21-31(2,3)4)27(28,24-13-9-6-10-14-24)20-19-23-11-7-5-8-12-23/h5-20,26,28H,21H2,1-4H3/b20-19+/t26-,27?,30?/m0/s1. The quantitative estimate of drug-likeness (QED) is 0.404. The second-order valence-corrected chi connectivity index (χ2v) is 16.5. The minimum absolute atomic E-state index is 0.454. The van der Waals surface area contributed by atoms with Crippen molar-refractivity contribution in [3.63, 3.8) is 0 Å². The van der Waals surface area contributed by atoms with Crippen LogP contribution in [0.15, 0.2) is 95.9 Å². The van der Waals surface area contributed by atoms with Crippen LogP contribution in [0.1, 0.15) is 16.7 Å². The van der Waals surface area contributed by atoms with Gasteiger partial charge in [0.2, 0.25) is 0 Å². The SMILES string of the molecule is Cc1ccc(S(=O)[C@@H](C[Si](C)(C)C)C(O)(/C=C/c2ccccc2)c2ccccc2)cc1. The highest BCUT2D eigenvalue weighted by Gasteiger charge is 2.43. The van der Waals surface area contributed by atoms with Crippen LogP contribution in [0.25, 0.3) is 6.08 Å². The van der Waals surface area contributed by atoms with E-state index in [1.54, 1.807) is 0 Å². The van der Waals surface area contributed by atoms with Crippen LogP contribution < -0.4 is 0 Å². The Balaban J connectivity index is 2.13. The van der Waals surface area contributed by atoms with Gasteiger partial charge in [-0.15, -0.1) is 0 Å². The Kier molecular flexibility index (Phi) is 7.47. The van der Waals surface area contributed by atoms with Crippen LogP contribution in [-0.2, 0) is 16.4 Å². The second kappa shape index (κ2) is 9.90. The zero-order valence-corrected chi connectivity index (χ0v) is 20.6. The Morgan fingerprint density at radius 3 is 2.00 bits per heavy atom. The lowest BCUT2D eigenvalue weighted by atomic mass is 9.89. The molecular formula is C27H32O2SSi. The average Bonchev–Trinajstić information content (AvgIpc) is 2.77. The van der Waals surface area contributed by atoms with Gasteiger partial charge in [-0.3, -0.25) is 4.21 Å². The van der Waals surface area contributed by atoms with E-state index >= 15 is 0 Å². The lowest BCUT2D eigenvalue weighted by Gasteiger charge is -2.37. The average molecular weight is 449 g/mol. The summed E-state index contributed by atoms with van der Waals surface area (Å²) >= 11 is 0. The van der Waals surface area contributed by atoms with Gasteiger partial charge in [0.25, 0.3) is 0 Å². The first kappa shape index (κ1) is 23.4. The molecule has 3 atom stereocenters. The Hall–Kier alpha value is -2.27. The molecule has 3 aromatic rings. The number of benzene rings is 3. The van der Waals surface area contributed by atoms with Crippen molar-refractivity contribution in [2.75, 3.05) is 0 Å². The van der Waals surface area contributed by atoms with Crippen molar-refractivity contribution >= 4 is 24.9 Å². The van der Waals surface area contributed by atoms with Gasteiger partial charge in [-0.05, 0) is 42.3 Å². The lowest BCUT2D eigenvalue weighted by Crippen LogP contribution is -2.45. The molecule has 4 heteroatoms. The Bertz CT molecular complexity index is 1020. The molecule has 0 saturated heterocycles. The molecule has 0 saturated carbocycles. The molecule has 1 N–H and O–H groups in total. The monoisotopic (exact) mass is 448 g/mol. The topological polar surface area (TPSA) is 37.3 Å². The Labute approximate surface area is 190 Å². The van der Waals surface area contributed by atoms with Crippen molar-refractivity contribution in [3.05, 3.63) is 108 Å². The van der Waals surface area contributed by atoms with Crippen molar-refractivity contribution in [1.82, 2.24) is 0 Å². The molecule has 2 unspecified atom stereocenters. The fraction of sp³-hybridized carbons (Fsp3) is 0.259. The molecule has 31 heavy (non-hydrogen) atoms. The highest BCUT2D eigenvalue weighted by Crippen LogP contribution is 2.37. The van der Waals surface area contributed by atoms with E-state index in [1.807, 2.05) is 104 Å². The third kappa shape index (κ3) is 6.13. The molecule has 0 aliphatic rings. The van der Waals surface area contributed by atoms with Gasteiger partial charge in [0, 0.05) is 13.0 Å². The summed E-state index contributed by atoms with van der Waals surface area (Å²) in [5, 5.41) is 11.7. The minimum Gasteiger partial charge on any atom is -0.380 e. The molecule has 0 aliphatic heterocycles. The number of hydrogen-bond acceptors (Lipinski definition) is 2. The molecule has 3 rings (SSSR count). The van der Waals surface area contributed by atoms with Gasteiger partial charge < -0.3 is 5.11 Å². The fourth-order valence-corrected chi connectivity index (χ4v) is 8.47. The molecule has 0 radical (unpaired) electrons. The maximum absolute atomic E-state index is 13.9. The van der Waals surface area contributed by atoms with Crippen LogP contribution >= 0.6 is 0 Å². The van der Waals surface area contributed by atoms with E-state index in [0.29, 0.717) is 0 Å². The van der Waals surface area contributed by atoms with Crippen molar-refractivity contribution in [3.8, 4) is 0 Å². The van der Waals surface area contributed by atoms with Gasteiger partial charge >= 0.3 is 0 Å². The molecule has 0 amide bonds. The Morgan fingerprint density at radius 1 is 0.903 bits per heavy atom. The van der Waals surface area contributed by atoms with E-state index in [-0.39, 0.29) is 0 Å². The lowest BCUT2D eigenvalue weighted by molar-refractivity contribution is 0.0903. The highest BCUT2D eigenvalue weighted by molar-refractivity contribution is 7.86. The van der Waals surface area contributed by atoms with Gasteiger partial charge in [0.05, 0.1) is 16.0 Å². The largest absolute Gasteiger partial charge is 0.380 e. The van der Waals surface area contributed by atoms with E-state index in [2.05, 4.69) is 19.6 Å². The molecule has 162 valence electrons. The maximum atomic E-state index is 13.9. The molecule has 0 spiro atoms. The van der Waals surface area contributed by atoms with E-state index in [0.717, 1.165) is 27.6 Å². The van der Waals surface area contributed by atoms with Crippen LogP contribution in [0.2, 0.25) is 25.7 Å². The van der Waals surface area contributed by atoms with Crippen molar-refractivity contribution in [2.24, 2.45) is 0 Å². The fourth-order valence-electron chi connectivity index (χ4n) is 3.67. The zero-order chi connectivity index (χ0) is 22.5.